The Labute approximate surface area is 156 Å². The maximum atomic E-state index is 12.7. The van der Waals surface area contributed by atoms with Gasteiger partial charge in [0.25, 0.3) is 5.69 Å². The van der Waals surface area contributed by atoms with Crippen molar-refractivity contribution in [3.05, 3.63) is 46.6 Å². The average Bonchev–Trinajstić information content (AvgIpc) is 3.06. The van der Waals surface area contributed by atoms with Crippen molar-refractivity contribution in [2.45, 2.75) is 17.7 Å². The molecule has 2 aromatic rings. The van der Waals surface area contributed by atoms with Crippen molar-refractivity contribution in [2.24, 2.45) is 13.0 Å². The first-order valence-electron chi connectivity index (χ1n) is 8.32. The molecule has 10 nitrogen and oxygen atoms in total. The number of nitrogens with zero attached hydrogens (tertiary/aromatic N) is 4. The van der Waals surface area contributed by atoms with Crippen LogP contribution < -0.4 is 5.32 Å². The van der Waals surface area contributed by atoms with E-state index in [-0.39, 0.29) is 35.5 Å². The molecule has 3 rings (SSSR count). The second-order valence-electron chi connectivity index (χ2n) is 6.29. The Morgan fingerprint density at radius 2 is 1.85 bits per heavy atom. The van der Waals surface area contributed by atoms with E-state index in [1.54, 1.807) is 24.0 Å². The molecular weight excluding hydrogens is 374 g/mol. The molecule has 0 atom stereocenters. The summed E-state index contributed by atoms with van der Waals surface area (Å²) < 4.78 is 28.2. The molecule has 1 aliphatic rings. The van der Waals surface area contributed by atoms with Crippen molar-refractivity contribution in [2.75, 3.05) is 18.4 Å². The molecule has 1 fully saturated rings. The van der Waals surface area contributed by atoms with Crippen molar-refractivity contribution in [3.63, 3.8) is 0 Å². The van der Waals surface area contributed by atoms with Gasteiger partial charge < -0.3 is 5.32 Å². The lowest BCUT2D eigenvalue weighted by molar-refractivity contribution is -0.384. The molecule has 1 saturated heterocycles. The van der Waals surface area contributed by atoms with Crippen LogP contribution in [0.1, 0.15) is 12.8 Å². The van der Waals surface area contributed by atoms with E-state index in [4.69, 9.17) is 0 Å². The zero-order valence-electron chi connectivity index (χ0n) is 14.6. The summed E-state index contributed by atoms with van der Waals surface area (Å²) in [4.78, 5) is 22.4. The number of nitro benzene ring substituents is 1. The Morgan fingerprint density at radius 3 is 2.37 bits per heavy atom. The van der Waals surface area contributed by atoms with Crippen LogP contribution in [0.3, 0.4) is 0 Å². The quantitative estimate of drug-likeness (QED) is 0.604. The number of amides is 1. The number of rotatable bonds is 5. The summed E-state index contributed by atoms with van der Waals surface area (Å²) in [6.07, 6.45) is 2.50. The predicted molar refractivity (Wildman–Crippen MR) is 96.4 cm³/mol. The van der Waals surface area contributed by atoms with Crippen molar-refractivity contribution in [3.8, 4) is 0 Å². The normalized spacial score (nSPS) is 16.2. The second-order valence-corrected chi connectivity index (χ2v) is 8.23. The van der Waals surface area contributed by atoms with Crippen molar-refractivity contribution < 1.29 is 18.1 Å². The molecular formula is C16H19N5O5S. The summed E-state index contributed by atoms with van der Waals surface area (Å²) in [6.45, 7) is 0.416. The third kappa shape index (κ3) is 4.14. The Kier molecular flexibility index (Phi) is 5.24. The van der Waals surface area contributed by atoms with Crippen molar-refractivity contribution in [1.29, 1.82) is 0 Å². The lowest BCUT2D eigenvalue weighted by Gasteiger charge is -2.30. The zero-order valence-corrected chi connectivity index (χ0v) is 15.4. The number of carbonyl (C=O) groups is 1. The highest BCUT2D eigenvalue weighted by Gasteiger charge is 2.32. The highest BCUT2D eigenvalue weighted by atomic mass is 32.2. The molecule has 1 aromatic heterocycles. The molecule has 0 bridgehead atoms. The molecule has 0 aliphatic carbocycles. The van der Waals surface area contributed by atoms with Crippen LogP contribution in [-0.4, -0.2) is 46.4 Å². The van der Waals surface area contributed by atoms with E-state index in [9.17, 15) is 23.3 Å². The number of sulfonamides is 1. The highest BCUT2D eigenvalue weighted by molar-refractivity contribution is 7.89. The molecule has 0 spiro atoms. The van der Waals surface area contributed by atoms with Gasteiger partial charge in [-0.15, -0.1) is 0 Å². The maximum absolute atomic E-state index is 12.7. The van der Waals surface area contributed by atoms with E-state index < -0.39 is 14.9 Å². The van der Waals surface area contributed by atoms with Crippen LogP contribution in [0.2, 0.25) is 0 Å². The number of nitrogens with one attached hydrogen (secondary N) is 1. The lowest BCUT2D eigenvalue weighted by Crippen LogP contribution is -2.41. The number of piperidine rings is 1. The molecule has 2 heterocycles. The summed E-state index contributed by atoms with van der Waals surface area (Å²) in [5.74, 6) is -0.0140. The van der Waals surface area contributed by atoms with Gasteiger partial charge in [0, 0.05) is 50.5 Å². The molecule has 0 unspecified atom stereocenters. The first-order valence-corrected chi connectivity index (χ1v) is 9.76. The fourth-order valence-electron chi connectivity index (χ4n) is 2.96. The van der Waals surface area contributed by atoms with Crippen LogP contribution in [0.25, 0.3) is 0 Å². The number of non-ortho nitro benzene ring substituents is 1. The number of aromatic nitrogens is 2. The minimum atomic E-state index is -3.75. The first-order chi connectivity index (χ1) is 12.8. The van der Waals surface area contributed by atoms with E-state index >= 15 is 0 Å². The van der Waals surface area contributed by atoms with Crippen LogP contribution in [0, 0.1) is 16.0 Å². The van der Waals surface area contributed by atoms with Gasteiger partial charge in [-0.05, 0) is 25.0 Å². The topological polar surface area (TPSA) is 127 Å². The van der Waals surface area contributed by atoms with Crippen LogP contribution in [0.15, 0.2) is 41.4 Å². The second kappa shape index (κ2) is 7.45. The fraction of sp³-hybridized carbons (Fsp3) is 0.375. The van der Waals surface area contributed by atoms with E-state index in [0.29, 0.717) is 18.7 Å². The largest absolute Gasteiger partial charge is 0.309 e. The van der Waals surface area contributed by atoms with E-state index in [1.165, 1.54) is 28.6 Å². The van der Waals surface area contributed by atoms with Gasteiger partial charge in [0.2, 0.25) is 15.9 Å². The maximum Gasteiger partial charge on any atom is 0.269 e. The van der Waals surface area contributed by atoms with Crippen LogP contribution in [-0.2, 0) is 21.9 Å². The number of benzene rings is 1. The third-order valence-electron chi connectivity index (χ3n) is 4.47. The van der Waals surface area contributed by atoms with Gasteiger partial charge in [0.15, 0.2) is 5.82 Å². The number of hydrogen-bond acceptors (Lipinski definition) is 6. The molecule has 11 heteroatoms. The number of nitro groups is 1. The Hall–Kier alpha value is -2.79. The Balaban J connectivity index is 1.62. The number of carbonyl (C=O) groups excluding carboxylic acids is 1. The summed E-state index contributed by atoms with van der Waals surface area (Å²) in [5, 5.41) is 17.5. The minimum Gasteiger partial charge on any atom is -0.309 e. The molecule has 27 heavy (non-hydrogen) atoms. The number of aryl methyl sites for hydroxylation is 1. The summed E-state index contributed by atoms with van der Waals surface area (Å²) >= 11 is 0. The zero-order chi connectivity index (χ0) is 19.6. The third-order valence-corrected chi connectivity index (χ3v) is 6.39. The Morgan fingerprint density at radius 1 is 1.22 bits per heavy atom. The molecule has 1 amide bonds. The predicted octanol–water partition coefficient (Wildman–Crippen LogP) is 1.37. The SMILES string of the molecule is Cn1ccc(NC(=O)C2CCN(S(=O)(=O)c3ccc([N+](=O)[O-])cc3)CC2)n1. The fourth-order valence-corrected chi connectivity index (χ4v) is 4.43. The van der Waals surface area contributed by atoms with Gasteiger partial charge in [-0.2, -0.15) is 9.40 Å². The Bertz CT molecular complexity index is 946. The van der Waals surface area contributed by atoms with Gasteiger partial charge in [-0.25, -0.2) is 8.42 Å². The van der Waals surface area contributed by atoms with Crippen LogP contribution in [0.4, 0.5) is 11.5 Å². The first kappa shape index (κ1) is 19.0. The van der Waals surface area contributed by atoms with Crippen LogP contribution >= 0.6 is 0 Å². The molecule has 0 radical (unpaired) electrons. The number of anilines is 1. The smallest absolute Gasteiger partial charge is 0.269 e. The molecule has 1 aliphatic heterocycles. The molecule has 1 aromatic carbocycles. The number of hydrogen-bond donors (Lipinski definition) is 1. The van der Waals surface area contributed by atoms with Crippen molar-refractivity contribution >= 4 is 27.4 Å². The van der Waals surface area contributed by atoms with Crippen LogP contribution in [0.5, 0.6) is 0 Å². The van der Waals surface area contributed by atoms with Gasteiger partial charge in [-0.3, -0.25) is 19.6 Å². The highest BCUT2D eigenvalue weighted by Crippen LogP contribution is 2.25. The van der Waals surface area contributed by atoms with E-state index in [2.05, 4.69) is 10.4 Å². The van der Waals surface area contributed by atoms with Crippen molar-refractivity contribution in [1.82, 2.24) is 14.1 Å². The standard InChI is InChI=1S/C16H19N5O5S/c1-19-9-8-15(18-19)17-16(22)12-6-10-20(11-7-12)27(25,26)14-4-2-13(3-5-14)21(23)24/h2-5,8-9,12H,6-7,10-11H2,1H3,(H,17,18,22). The molecule has 1 N–H and O–H groups in total. The van der Waals surface area contributed by atoms with Gasteiger partial charge in [0.05, 0.1) is 9.82 Å². The van der Waals surface area contributed by atoms with Gasteiger partial charge in [-0.1, -0.05) is 0 Å². The van der Waals surface area contributed by atoms with Gasteiger partial charge >= 0.3 is 0 Å². The summed E-state index contributed by atoms with van der Waals surface area (Å²) in [7, 11) is -2.00. The molecule has 144 valence electrons. The minimum absolute atomic E-state index is 0.00415. The lowest BCUT2D eigenvalue weighted by atomic mass is 9.97. The molecule has 0 saturated carbocycles. The average molecular weight is 393 g/mol. The summed E-state index contributed by atoms with van der Waals surface area (Å²) in [6, 6.07) is 6.48. The van der Waals surface area contributed by atoms with E-state index in [1.807, 2.05) is 0 Å². The van der Waals surface area contributed by atoms with Gasteiger partial charge in [0.1, 0.15) is 0 Å². The van der Waals surface area contributed by atoms with E-state index in [0.717, 1.165) is 0 Å². The monoisotopic (exact) mass is 393 g/mol. The summed E-state index contributed by atoms with van der Waals surface area (Å²) in [5.41, 5.74) is -0.168.